The van der Waals surface area contributed by atoms with Crippen LogP contribution in [0.25, 0.3) is 16.6 Å². The first kappa shape index (κ1) is 24.1. The number of nitrogens with one attached hydrogen (secondary N) is 1. The maximum Gasteiger partial charge on any atom is 0.278 e. The Bertz CT molecular complexity index is 1190. The standard InChI is InChI=1S/C26H36N6O2/c1-18-24-23(19(2)31(29-24)22-14-9-6-10-15-22)26(34)32(28-18)20(3)25(33)27-16-11-17-30(4)21-12-7-5-8-13-21/h6,9-10,14-15,20-21H,5,7-8,11-13,16-17H2,1-4H3,(H,27,33). The molecule has 0 radical (unpaired) electrons. The Hall–Kier alpha value is -3.00. The minimum absolute atomic E-state index is 0.193. The van der Waals surface area contributed by atoms with Crippen molar-refractivity contribution < 1.29 is 4.79 Å². The summed E-state index contributed by atoms with van der Waals surface area (Å²) in [5, 5.41) is 12.6. The second-order valence-electron chi connectivity index (χ2n) is 9.48. The topological polar surface area (TPSA) is 85.0 Å². The number of amides is 1. The lowest BCUT2D eigenvalue weighted by Gasteiger charge is -2.31. The molecule has 34 heavy (non-hydrogen) atoms. The largest absolute Gasteiger partial charge is 0.354 e. The van der Waals surface area contributed by atoms with E-state index in [1.54, 1.807) is 11.6 Å². The van der Waals surface area contributed by atoms with Crippen LogP contribution in [0, 0.1) is 13.8 Å². The number of hydrogen-bond acceptors (Lipinski definition) is 5. The van der Waals surface area contributed by atoms with Gasteiger partial charge < -0.3 is 10.2 Å². The second kappa shape index (κ2) is 10.5. The van der Waals surface area contributed by atoms with Crippen molar-refractivity contribution in [3.05, 3.63) is 52.1 Å². The van der Waals surface area contributed by atoms with Crippen LogP contribution in [0.3, 0.4) is 0 Å². The molecule has 2 heterocycles. The van der Waals surface area contributed by atoms with Gasteiger partial charge in [-0.15, -0.1) is 0 Å². The van der Waals surface area contributed by atoms with Crippen LogP contribution >= 0.6 is 0 Å². The molecule has 1 amide bonds. The van der Waals surface area contributed by atoms with Crippen LogP contribution in [0.4, 0.5) is 0 Å². The summed E-state index contributed by atoms with van der Waals surface area (Å²) >= 11 is 0. The highest BCUT2D eigenvalue weighted by atomic mass is 16.2. The van der Waals surface area contributed by atoms with Gasteiger partial charge in [0, 0.05) is 12.6 Å². The van der Waals surface area contributed by atoms with Crippen molar-refractivity contribution in [1.29, 1.82) is 0 Å². The molecular formula is C26H36N6O2. The third kappa shape index (κ3) is 4.92. The SMILES string of the molecule is Cc1nn(C(C)C(=O)NCCCN(C)C2CCCCC2)c(=O)c2c(C)n(-c3ccccc3)nc12. The number of nitrogens with zero attached hydrogens (tertiary/aromatic N) is 5. The van der Waals surface area contributed by atoms with Gasteiger partial charge in [-0.2, -0.15) is 10.2 Å². The minimum Gasteiger partial charge on any atom is -0.354 e. The quantitative estimate of drug-likeness (QED) is 0.516. The maximum absolute atomic E-state index is 13.3. The van der Waals surface area contributed by atoms with Gasteiger partial charge in [0.15, 0.2) is 0 Å². The van der Waals surface area contributed by atoms with E-state index in [0.717, 1.165) is 24.3 Å². The number of aryl methyl sites for hydroxylation is 2. The molecule has 2 aromatic heterocycles. The fourth-order valence-electron chi connectivity index (χ4n) is 4.97. The lowest BCUT2D eigenvalue weighted by atomic mass is 9.94. The van der Waals surface area contributed by atoms with Crippen LogP contribution in [-0.4, -0.2) is 56.5 Å². The van der Waals surface area contributed by atoms with E-state index in [0.29, 0.717) is 29.2 Å². The fourth-order valence-corrected chi connectivity index (χ4v) is 4.97. The number of fused-ring (bicyclic) bond motifs is 1. The van der Waals surface area contributed by atoms with E-state index in [1.165, 1.54) is 36.8 Å². The van der Waals surface area contributed by atoms with Crippen molar-refractivity contribution in [3.63, 3.8) is 0 Å². The molecule has 1 atom stereocenters. The first-order chi connectivity index (χ1) is 16.4. The third-order valence-corrected chi connectivity index (χ3v) is 7.07. The Balaban J connectivity index is 1.45. The van der Waals surface area contributed by atoms with Gasteiger partial charge >= 0.3 is 0 Å². The van der Waals surface area contributed by atoms with E-state index in [-0.39, 0.29) is 11.5 Å². The van der Waals surface area contributed by atoms with E-state index in [4.69, 9.17) is 0 Å². The third-order valence-electron chi connectivity index (χ3n) is 7.07. The van der Waals surface area contributed by atoms with Crippen molar-refractivity contribution in [2.45, 2.75) is 71.4 Å². The molecule has 8 heteroatoms. The molecule has 182 valence electrons. The van der Waals surface area contributed by atoms with E-state index in [9.17, 15) is 9.59 Å². The smallest absolute Gasteiger partial charge is 0.278 e. The summed E-state index contributed by atoms with van der Waals surface area (Å²) < 4.78 is 3.06. The lowest BCUT2D eigenvalue weighted by Crippen LogP contribution is -2.39. The van der Waals surface area contributed by atoms with Gasteiger partial charge in [0.2, 0.25) is 5.91 Å². The maximum atomic E-state index is 13.3. The first-order valence-electron chi connectivity index (χ1n) is 12.4. The highest BCUT2D eigenvalue weighted by molar-refractivity contribution is 5.84. The second-order valence-corrected chi connectivity index (χ2v) is 9.48. The molecule has 1 aliphatic carbocycles. The van der Waals surface area contributed by atoms with Gasteiger partial charge in [0.05, 0.1) is 22.5 Å². The molecule has 1 N–H and O–H groups in total. The summed E-state index contributed by atoms with van der Waals surface area (Å²) in [5.41, 5.74) is 2.52. The molecule has 1 fully saturated rings. The summed E-state index contributed by atoms with van der Waals surface area (Å²) in [6, 6.07) is 9.67. The van der Waals surface area contributed by atoms with Crippen LogP contribution in [0.5, 0.6) is 0 Å². The molecule has 4 rings (SSSR count). The highest BCUT2D eigenvalue weighted by Crippen LogP contribution is 2.22. The Morgan fingerprint density at radius 1 is 1.15 bits per heavy atom. The van der Waals surface area contributed by atoms with Crippen LogP contribution in [0.15, 0.2) is 35.1 Å². The molecule has 0 bridgehead atoms. The van der Waals surface area contributed by atoms with Gasteiger partial charge in [0.25, 0.3) is 5.56 Å². The number of rotatable bonds is 8. The Kier molecular flexibility index (Phi) is 7.46. The molecular weight excluding hydrogens is 428 g/mol. The van der Waals surface area contributed by atoms with Gasteiger partial charge in [-0.3, -0.25) is 9.59 Å². The number of para-hydroxylation sites is 1. The summed E-state index contributed by atoms with van der Waals surface area (Å²) in [4.78, 5) is 28.6. The van der Waals surface area contributed by atoms with Crippen LogP contribution in [0.2, 0.25) is 0 Å². The molecule has 0 spiro atoms. The normalized spacial score (nSPS) is 15.7. The van der Waals surface area contributed by atoms with E-state index >= 15 is 0 Å². The van der Waals surface area contributed by atoms with E-state index < -0.39 is 6.04 Å². The average Bonchev–Trinajstić information content (AvgIpc) is 3.22. The summed E-state index contributed by atoms with van der Waals surface area (Å²) in [5.74, 6) is -0.193. The van der Waals surface area contributed by atoms with E-state index in [1.807, 2.05) is 44.2 Å². The zero-order chi connectivity index (χ0) is 24.2. The first-order valence-corrected chi connectivity index (χ1v) is 12.4. The van der Waals surface area contributed by atoms with Crippen molar-refractivity contribution in [2.75, 3.05) is 20.1 Å². The minimum atomic E-state index is -0.703. The number of benzene rings is 1. The highest BCUT2D eigenvalue weighted by Gasteiger charge is 2.23. The van der Waals surface area contributed by atoms with Crippen LogP contribution in [-0.2, 0) is 4.79 Å². The predicted molar refractivity (Wildman–Crippen MR) is 134 cm³/mol. The summed E-state index contributed by atoms with van der Waals surface area (Å²) in [6.07, 6.45) is 7.42. The number of aromatic nitrogens is 4. The van der Waals surface area contributed by atoms with Gasteiger partial charge in [0.1, 0.15) is 11.6 Å². The van der Waals surface area contributed by atoms with Crippen molar-refractivity contribution >= 4 is 16.8 Å². The molecule has 1 unspecified atom stereocenters. The molecule has 1 aliphatic rings. The summed E-state index contributed by atoms with van der Waals surface area (Å²) in [7, 11) is 2.18. The number of hydrogen-bond donors (Lipinski definition) is 1. The zero-order valence-electron chi connectivity index (χ0n) is 20.8. The van der Waals surface area contributed by atoms with Crippen molar-refractivity contribution in [3.8, 4) is 5.69 Å². The Labute approximate surface area is 200 Å². The van der Waals surface area contributed by atoms with E-state index in [2.05, 4.69) is 27.5 Å². The predicted octanol–water partition coefficient (Wildman–Crippen LogP) is 3.53. The number of carbonyl (C=O) groups is 1. The molecule has 3 aromatic rings. The Morgan fingerprint density at radius 3 is 2.56 bits per heavy atom. The molecule has 1 aromatic carbocycles. The average molecular weight is 465 g/mol. The van der Waals surface area contributed by atoms with Gasteiger partial charge in [-0.25, -0.2) is 9.36 Å². The molecule has 0 saturated heterocycles. The Morgan fingerprint density at radius 2 is 1.85 bits per heavy atom. The lowest BCUT2D eigenvalue weighted by molar-refractivity contribution is -0.124. The zero-order valence-corrected chi connectivity index (χ0v) is 20.8. The van der Waals surface area contributed by atoms with Gasteiger partial charge in [-0.1, -0.05) is 37.5 Å². The molecule has 8 nitrogen and oxygen atoms in total. The summed E-state index contributed by atoms with van der Waals surface area (Å²) in [6.45, 7) is 6.97. The number of carbonyl (C=O) groups excluding carboxylic acids is 1. The van der Waals surface area contributed by atoms with Gasteiger partial charge in [-0.05, 0) is 65.8 Å². The monoisotopic (exact) mass is 464 g/mol. The van der Waals surface area contributed by atoms with Crippen molar-refractivity contribution in [1.82, 2.24) is 29.8 Å². The molecule has 1 saturated carbocycles. The van der Waals surface area contributed by atoms with Crippen molar-refractivity contribution in [2.24, 2.45) is 0 Å². The fraction of sp³-hybridized carbons (Fsp3) is 0.538. The van der Waals surface area contributed by atoms with Crippen LogP contribution in [0.1, 0.15) is 62.9 Å². The van der Waals surface area contributed by atoms with Crippen LogP contribution < -0.4 is 10.9 Å². The molecule has 0 aliphatic heterocycles.